The van der Waals surface area contributed by atoms with Gasteiger partial charge in [0.2, 0.25) is 10.0 Å². The first-order valence-electron chi connectivity index (χ1n) is 9.50. The maximum absolute atomic E-state index is 12.1. The number of aryl methyl sites for hydroxylation is 1. The Morgan fingerprint density at radius 2 is 2.21 bits per heavy atom. The van der Waals surface area contributed by atoms with Gasteiger partial charge >= 0.3 is 0 Å². The van der Waals surface area contributed by atoms with Crippen LogP contribution in [0.15, 0.2) is 10.4 Å². The summed E-state index contributed by atoms with van der Waals surface area (Å²) in [6.45, 7) is 6.63. The van der Waals surface area contributed by atoms with Crippen LogP contribution in [0.25, 0.3) is 0 Å². The number of ether oxygens (including phenoxy) is 1. The van der Waals surface area contributed by atoms with E-state index in [0.717, 1.165) is 43.0 Å². The lowest BCUT2D eigenvalue weighted by atomic mass is 10.1. The van der Waals surface area contributed by atoms with Crippen molar-refractivity contribution >= 4 is 51.3 Å². The first-order valence-corrected chi connectivity index (χ1v) is 12.0. The lowest BCUT2D eigenvalue weighted by Crippen LogP contribution is -2.39. The zero-order valence-corrected chi connectivity index (χ0v) is 20.5. The number of nitrogens with one attached hydrogen (secondary N) is 3. The maximum atomic E-state index is 12.1. The maximum Gasteiger partial charge on any atom is 0.213 e. The lowest BCUT2D eigenvalue weighted by molar-refractivity contribution is 0.0200. The van der Waals surface area contributed by atoms with Gasteiger partial charge in [0.25, 0.3) is 0 Å². The smallest absolute Gasteiger partial charge is 0.213 e. The van der Waals surface area contributed by atoms with Gasteiger partial charge in [0, 0.05) is 38.0 Å². The standard InChI is InChI=1S/C17H31N5O3S2.HI/c1-3-18-17(19-8-7-15-13-26-14(2)22-15)20-9-11-27(23,24)21-12-16-6-4-5-10-25-16;/h13,16,21H,3-12H2,1-2H3,(H2,18,19,20);1H. The number of nitrogens with zero attached hydrogens (tertiary/aromatic N) is 2. The predicted molar refractivity (Wildman–Crippen MR) is 125 cm³/mol. The number of thiazole rings is 1. The van der Waals surface area contributed by atoms with E-state index in [-0.39, 0.29) is 42.4 Å². The summed E-state index contributed by atoms with van der Waals surface area (Å²) in [4.78, 5) is 8.78. The van der Waals surface area contributed by atoms with E-state index in [4.69, 9.17) is 4.74 Å². The largest absolute Gasteiger partial charge is 0.377 e. The van der Waals surface area contributed by atoms with Crippen molar-refractivity contribution < 1.29 is 13.2 Å². The number of aliphatic imine (C=N–C) groups is 1. The van der Waals surface area contributed by atoms with Crippen LogP contribution in [0.5, 0.6) is 0 Å². The summed E-state index contributed by atoms with van der Waals surface area (Å²) >= 11 is 1.64. The van der Waals surface area contributed by atoms with Gasteiger partial charge in [0.05, 0.1) is 29.1 Å². The molecule has 1 fully saturated rings. The number of aromatic nitrogens is 1. The fourth-order valence-electron chi connectivity index (χ4n) is 2.71. The molecule has 0 amide bonds. The van der Waals surface area contributed by atoms with E-state index in [2.05, 4.69) is 30.7 Å². The van der Waals surface area contributed by atoms with Gasteiger partial charge < -0.3 is 15.4 Å². The Labute approximate surface area is 189 Å². The summed E-state index contributed by atoms with van der Waals surface area (Å²) in [6, 6.07) is 0. The number of hydrogen-bond donors (Lipinski definition) is 3. The van der Waals surface area contributed by atoms with Crippen LogP contribution < -0.4 is 15.4 Å². The molecular formula is C17H32IN5O3S2. The molecule has 0 saturated carbocycles. The molecular weight excluding hydrogens is 513 g/mol. The molecule has 0 radical (unpaired) electrons. The van der Waals surface area contributed by atoms with Gasteiger partial charge in [-0.15, -0.1) is 35.3 Å². The average molecular weight is 546 g/mol. The Bertz CT molecular complexity index is 691. The Balaban J connectivity index is 0.00000392. The van der Waals surface area contributed by atoms with E-state index in [1.165, 1.54) is 0 Å². The van der Waals surface area contributed by atoms with Crippen LogP contribution in [0.2, 0.25) is 0 Å². The molecule has 2 heterocycles. The Hall–Kier alpha value is -0.500. The minimum absolute atomic E-state index is 0. The Kier molecular flexibility index (Phi) is 12.5. The van der Waals surface area contributed by atoms with Gasteiger partial charge in [0.15, 0.2) is 5.96 Å². The molecule has 1 aromatic heterocycles. The molecule has 1 aromatic rings. The van der Waals surface area contributed by atoms with Crippen molar-refractivity contribution in [1.82, 2.24) is 20.3 Å². The summed E-state index contributed by atoms with van der Waals surface area (Å²) in [5, 5.41) is 9.45. The zero-order chi connectivity index (χ0) is 19.5. The van der Waals surface area contributed by atoms with Crippen LogP contribution in [0.4, 0.5) is 0 Å². The van der Waals surface area contributed by atoms with Crippen molar-refractivity contribution in [3.8, 4) is 0 Å². The SMILES string of the molecule is CCNC(=NCCS(=O)(=O)NCC1CCCCO1)NCCc1csc(C)n1.I. The fourth-order valence-corrected chi connectivity index (χ4v) is 4.27. The quantitative estimate of drug-likeness (QED) is 0.235. The van der Waals surface area contributed by atoms with Crippen molar-refractivity contribution in [2.45, 2.75) is 45.6 Å². The lowest BCUT2D eigenvalue weighted by Gasteiger charge is -2.22. The zero-order valence-electron chi connectivity index (χ0n) is 16.6. The van der Waals surface area contributed by atoms with Gasteiger partial charge in [-0.2, -0.15) is 0 Å². The summed E-state index contributed by atoms with van der Waals surface area (Å²) in [5.41, 5.74) is 1.05. The van der Waals surface area contributed by atoms with E-state index < -0.39 is 10.0 Å². The number of rotatable bonds is 10. The Morgan fingerprint density at radius 1 is 1.39 bits per heavy atom. The molecule has 0 spiro atoms. The van der Waals surface area contributed by atoms with Crippen LogP contribution in [-0.4, -0.2) is 64.0 Å². The van der Waals surface area contributed by atoms with E-state index in [0.29, 0.717) is 25.6 Å². The molecule has 0 aliphatic carbocycles. The Morgan fingerprint density at radius 3 is 2.86 bits per heavy atom. The van der Waals surface area contributed by atoms with E-state index in [1.54, 1.807) is 11.3 Å². The van der Waals surface area contributed by atoms with Gasteiger partial charge in [-0.25, -0.2) is 18.1 Å². The molecule has 3 N–H and O–H groups in total. The molecule has 162 valence electrons. The van der Waals surface area contributed by atoms with Crippen molar-refractivity contribution in [2.75, 3.05) is 38.5 Å². The highest BCUT2D eigenvalue weighted by Crippen LogP contribution is 2.11. The summed E-state index contributed by atoms with van der Waals surface area (Å²) < 4.78 is 32.4. The molecule has 8 nitrogen and oxygen atoms in total. The molecule has 1 saturated heterocycles. The second-order valence-corrected chi connectivity index (χ2v) is 9.44. The fraction of sp³-hybridized carbons (Fsp3) is 0.765. The summed E-state index contributed by atoms with van der Waals surface area (Å²) in [6.07, 6.45) is 3.85. The van der Waals surface area contributed by atoms with Crippen molar-refractivity contribution in [2.24, 2.45) is 4.99 Å². The minimum Gasteiger partial charge on any atom is -0.377 e. The van der Waals surface area contributed by atoms with Crippen molar-refractivity contribution in [1.29, 1.82) is 0 Å². The molecule has 1 unspecified atom stereocenters. The van der Waals surface area contributed by atoms with Crippen LogP contribution in [0, 0.1) is 6.92 Å². The molecule has 1 aliphatic heterocycles. The van der Waals surface area contributed by atoms with E-state index in [9.17, 15) is 8.42 Å². The van der Waals surface area contributed by atoms with Crippen LogP contribution in [0.3, 0.4) is 0 Å². The molecule has 11 heteroatoms. The third-order valence-corrected chi connectivity index (χ3v) is 6.27. The van der Waals surface area contributed by atoms with Crippen LogP contribution >= 0.6 is 35.3 Å². The third-order valence-electron chi connectivity index (χ3n) is 4.12. The van der Waals surface area contributed by atoms with Gasteiger partial charge in [0.1, 0.15) is 0 Å². The topological polar surface area (TPSA) is 105 Å². The highest BCUT2D eigenvalue weighted by molar-refractivity contribution is 14.0. The second-order valence-electron chi connectivity index (χ2n) is 6.45. The number of sulfonamides is 1. The van der Waals surface area contributed by atoms with Crippen molar-refractivity contribution in [3.63, 3.8) is 0 Å². The molecule has 0 bridgehead atoms. The number of guanidine groups is 1. The van der Waals surface area contributed by atoms with Crippen LogP contribution in [0.1, 0.15) is 36.9 Å². The van der Waals surface area contributed by atoms with Crippen molar-refractivity contribution in [3.05, 3.63) is 16.1 Å². The molecule has 1 aliphatic rings. The molecule has 28 heavy (non-hydrogen) atoms. The monoisotopic (exact) mass is 545 g/mol. The van der Waals surface area contributed by atoms with E-state index >= 15 is 0 Å². The third kappa shape index (κ3) is 10.3. The van der Waals surface area contributed by atoms with E-state index in [1.807, 2.05) is 13.8 Å². The molecule has 0 aromatic carbocycles. The molecule has 2 rings (SSSR count). The highest BCUT2D eigenvalue weighted by atomic mass is 127. The summed E-state index contributed by atoms with van der Waals surface area (Å²) in [5.74, 6) is 0.581. The highest BCUT2D eigenvalue weighted by Gasteiger charge is 2.17. The second kappa shape index (κ2) is 13.7. The predicted octanol–water partition coefficient (Wildman–Crippen LogP) is 1.66. The minimum atomic E-state index is -3.35. The van der Waals surface area contributed by atoms with Gasteiger partial charge in [-0.1, -0.05) is 0 Å². The number of hydrogen-bond acceptors (Lipinski definition) is 6. The molecule has 1 atom stereocenters. The average Bonchev–Trinajstić information content (AvgIpc) is 3.06. The summed E-state index contributed by atoms with van der Waals surface area (Å²) in [7, 11) is -3.35. The first-order chi connectivity index (χ1) is 13.0. The van der Waals surface area contributed by atoms with Crippen LogP contribution in [-0.2, 0) is 21.2 Å². The van der Waals surface area contributed by atoms with Gasteiger partial charge in [-0.05, 0) is 33.1 Å². The number of halogens is 1. The van der Waals surface area contributed by atoms with Gasteiger partial charge in [-0.3, -0.25) is 4.99 Å². The normalized spacial score (nSPS) is 17.8. The first kappa shape index (κ1) is 25.5.